The third-order valence-corrected chi connectivity index (χ3v) is 10.5. The van der Waals surface area contributed by atoms with Gasteiger partial charge in [-0.25, -0.2) is 0 Å². The number of likely N-dealkylation sites (N-methyl/N-ethyl adjacent to an activating group) is 2. The van der Waals surface area contributed by atoms with Crippen molar-refractivity contribution in [2.24, 2.45) is 17.8 Å². The van der Waals surface area contributed by atoms with E-state index in [4.69, 9.17) is 28.4 Å². The maximum Gasteiger partial charge on any atom is 0.311 e. The second kappa shape index (κ2) is 17.4. The molecule has 0 aromatic carbocycles. The van der Waals surface area contributed by atoms with Crippen LogP contribution in [-0.4, -0.2) is 143 Å². The summed E-state index contributed by atoms with van der Waals surface area (Å²) in [5.41, 5.74) is -3.34. The van der Waals surface area contributed by atoms with Gasteiger partial charge in [0.05, 0.1) is 50.1 Å². The monoisotopic (exact) mass is 714 g/mol. The Bertz CT molecular complexity index is 1240. The first-order valence-electron chi connectivity index (χ1n) is 17.6. The lowest BCUT2D eigenvalue weighted by Crippen LogP contribution is -2.60. The van der Waals surface area contributed by atoms with Crippen molar-refractivity contribution in [3.8, 4) is 17.5 Å². The summed E-state index contributed by atoms with van der Waals surface area (Å²) in [5, 5.41) is 58.1. The molecule has 2 aliphatic heterocycles. The molecule has 15 heteroatoms. The van der Waals surface area contributed by atoms with E-state index in [1.54, 1.807) is 40.8 Å². The molecule has 2 saturated heterocycles. The Morgan fingerprint density at radius 3 is 2.32 bits per heavy atom. The number of hydrogen-bond acceptors (Lipinski definition) is 15. The number of hydrogen-bond donors (Lipinski definition) is 5. The first kappa shape index (κ1) is 42.0. The lowest BCUT2D eigenvalue weighted by atomic mass is 9.78. The van der Waals surface area contributed by atoms with Crippen LogP contribution in [-0.2, 0) is 19.0 Å². The van der Waals surface area contributed by atoms with Crippen LogP contribution in [0.15, 0.2) is 6.07 Å². The minimum absolute atomic E-state index is 0.122. The molecule has 0 amide bonds. The summed E-state index contributed by atoms with van der Waals surface area (Å²) in [6, 6.07) is 0.731. The molecule has 3 heterocycles. The molecular weight excluding hydrogens is 652 g/mol. The number of methoxy groups -OCH3 is 2. The summed E-state index contributed by atoms with van der Waals surface area (Å²) in [6.07, 6.45) is -5.85. The maximum absolute atomic E-state index is 13.5. The van der Waals surface area contributed by atoms with E-state index >= 15 is 0 Å². The highest BCUT2D eigenvalue weighted by molar-refractivity contribution is 5.73. The summed E-state index contributed by atoms with van der Waals surface area (Å²) in [5.74, 6) is -2.24. The standard InChI is InChI=1S/C35H62N4O11/c1-13-25-35(8,44)29(41)22(6)39(10)17-18(2)16-34(7,43)30(20(4)27(40)21(5)32(42)49-25)50-33-28(23(36-9)14-19(3)47-33)48-24-15-26(45-11)37-38-31(24)46-12/h15,18-23,25,27-30,33,36,40-41,43-44H,13-14,16-17H2,1-12H3/t18?,19-,20?,21?,22?,23+,25?,27?,28-,29?,30?,33+,34?,35?/m1/s1. The number of aromatic nitrogens is 2. The molecule has 0 aliphatic carbocycles. The molecule has 2 aliphatic rings. The van der Waals surface area contributed by atoms with Crippen LogP contribution in [0.3, 0.4) is 0 Å². The molecule has 1 aromatic rings. The van der Waals surface area contributed by atoms with Crippen LogP contribution in [0.2, 0.25) is 0 Å². The van der Waals surface area contributed by atoms with E-state index in [0.29, 0.717) is 13.0 Å². The molecule has 3 rings (SSSR count). The minimum atomic E-state index is -1.78. The van der Waals surface area contributed by atoms with Gasteiger partial charge in [0.2, 0.25) is 5.88 Å². The van der Waals surface area contributed by atoms with Gasteiger partial charge in [0.15, 0.2) is 18.1 Å². The molecule has 15 nitrogen and oxygen atoms in total. The second-order valence-electron chi connectivity index (χ2n) is 14.8. The number of nitrogens with zero attached hydrogens (tertiary/aromatic N) is 3. The molecule has 0 bridgehead atoms. The average molecular weight is 715 g/mol. The predicted octanol–water partition coefficient (Wildman–Crippen LogP) is 1.53. The normalized spacial score (nSPS) is 41.4. The zero-order chi connectivity index (χ0) is 37.7. The van der Waals surface area contributed by atoms with Crippen LogP contribution in [0.5, 0.6) is 17.5 Å². The molecule has 1 aromatic heterocycles. The smallest absolute Gasteiger partial charge is 0.311 e. The van der Waals surface area contributed by atoms with Crippen LogP contribution in [0, 0.1) is 17.8 Å². The number of carbonyl (C=O) groups excluding carboxylic acids is 1. The van der Waals surface area contributed by atoms with Gasteiger partial charge in [-0.05, 0) is 73.9 Å². The highest BCUT2D eigenvalue weighted by atomic mass is 16.7. The SMILES string of the molecule is CCC1OC(=O)C(C)C(O)C(C)C(O[C@@H]2O[C@H](C)C[C@H](NC)[C@H]2Oc2cc(OC)nnc2OC)C(C)(O)CC(C)CN(C)C(C)C(O)C1(C)O. The summed E-state index contributed by atoms with van der Waals surface area (Å²) in [7, 11) is 6.54. The van der Waals surface area contributed by atoms with Crippen molar-refractivity contribution in [2.45, 2.75) is 141 Å². The lowest BCUT2D eigenvalue weighted by Gasteiger charge is -2.46. The van der Waals surface area contributed by atoms with Gasteiger partial charge in [-0.15, -0.1) is 10.2 Å². The maximum atomic E-state index is 13.5. The Morgan fingerprint density at radius 1 is 1.08 bits per heavy atom. The topological polar surface area (TPSA) is 194 Å². The Morgan fingerprint density at radius 2 is 1.74 bits per heavy atom. The highest BCUT2D eigenvalue weighted by Crippen LogP contribution is 2.38. The van der Waals surface area contributed by atoms with Crippen molar-refractivity contribution >= 4 is 5.97 Å². The number of nitrogens with one attached hydrogen (secondary N) is 1. The third kappa shape index (κ3) is 9.54. The number of rotatable bonds is 8. The van der Waals surface area contributed by atoms with Crippen molar-refractivity contribution in [2.75, 3.05) is 34.9 Å². The van der Waals surface area contributed by atoms with Gasteiger partial charge in [-0.1, -0.05) is 20.8 Å². The molecule has 0 radical (unpaired) electrons. The Labute approximate surface area is 296 Å². The van der Waals surface area contributed by atoms with E-state index in [1.165, 1.54) is 28.1 Å². The van der Waals surface area contributed by atoms with E-state index in [1.807, 2.05) is 25.8 Å². The van der Waals surface area contributed by atoms with Gasteiger partial charge in [-0.3, -0.25) is 4.79 Å². The van der Waals surface area contributed by atoms with Crippen molar-refractivity contribution in [3.63, 3.8) is 0 Å². The lowest BCUT2D eigenvalue weighted by molar-refractivity contribution is -0.290. The fourth-order valence-corrected chi connectivity index (χ4v) is 7.47. The molecule has 10 unspecified atom stereocenters. The number of cyclic esters (lactones) is 1. The van der Waals surface area contributed by atoms with E-state index in [9.17, 15) is 25.2 Å². The number of ether oxygens (including phenoxy) is 6. The third-order valence-electron chi connectivity index (χ3n) is 10.5. The van der Waals surface area contributed by atoms with Crippen molar-refractivity contribution < 1.29 is 53.6 Å². The fourth-order valence-electron chi connectivity index (χ4n) is 7.47. The van der Waals surface area contributed by atoms with Crippen molar-refractivity contribution in [1.82, 2.24) is 20.4 Å². The van der Waals surface area contributed by atoms with Gasteiger partial charge < -0.3 is 59.1 Å². The van der Waals surface area contributed by atoms with E-state index < -0.39 is 71.9 Å². The number of esters is 1. The summed E-state index contributed by atoms with van der Waals surface area (Å²) < 4.78 is 36.1. The Balaban J connectivity index is 2.08. The van der Waals surface area contributed by atoms with Crippen molar-refractivity contribution in [1.29, 1.82) is 0 Å². The zero-order valence-electron chi connectivity index (χ0n) is 31.8. The van der Waals surface area contributed by atoms with Crippen LogP contribution in [0.4, 0.5) is 0 Å². The second-order valence-corrected chi connectivity index (χ2v) is 14.8. The minimum Gasteiger partial charge on any atom is -0.480 e. The Hall–Kier alpha value is -2.37. The fraction of sp³-hybridized carbons (Fsp3) is 0.857. The number of aliphatic hydroxyl groups excluding tert-OH is 2. The molecule has 288 valence electrons. The molecule has 14 atom stereocenters. The van der Waals surface area contributed by atoms with E-state index in [2.05, 4.69) is 15.5 Å². The highest BCUT2D eigenvalue weighted by Gasteiger charge is 2.50. The Kier molecular flexibility index (Phi) is 14.7. The summed E-state index contributed by atoms with van der Waals surface area (Å²) in [4.78, 5) is 15.5. The zero-order valence-corrected chi connectivity index (χ0v) is 31.8. The van der Waals surface area contributed by atoms with Gasteiger partial charge in [0.25, 0.3) is 5.88 Å². The number of aliphatic hydroxyl groups is 4. The quantitative estimate of drug-likeness (QED) is 0.243. The van der Waals surface area contributed by atoms with Gasteiger partial charge in [0, 0.05) is 24.6 Å². The number of carbonyl (C=O) groups is 1. The molecular formula is C35H62N4O11. The van der Waals surface area contributed by atoms with E-state index in [-0.39, 0.29) is 48.4 Å². The molecule has 5 N–H and O–H groups in total. The van der Waals surface area contributed by atoms with Gasteiger partial charge in [-0.2, -0.15) is 0 Å². The summed E-state index contributed by atoms with van der Waals surface area (Å²) in [6.45, 7) is 14.2. The van der Waals surface area contributed by atoms with Crippen LogP contribution in [0.1, 0.15) is 74.7 Å². The van der Waals surface area contributed by atoms with E-state index in [0.717, 1.165) is 0 Å². The van der Waals surface area contributed by atoms with Gasteiger partial charge >= 0.3 is 5.97 Å². The van der Waals surface area contributed by atoms with Crippen LogP contribution in [0.25, 0.3) is 0 Å². The van der Waals surface area contributed by atoms with Crippen LogP contribution < -0.4 is 19.5 Å². The van der Waals surface area contributed by atoms with Gasteiger partial charge in [0.1, 0.15) is 17.8 Å². The largest absolute Gasteiger partial charge is 0.480 e. The molecule has 50 heavy (non-hydrogen) atoms. The first-order valence-corrected chi connectivity index (χ1v) is 17.6. The molecule has 2 fully saturated rings. The van der Waals surface area contributed by atoms with Crippen molar-refractivity contribution in [3.05, 3.63) is 6.07 Å². The van der Waals surface area contributed by atoms with Crippen LogP contribution >= 0.6 is 0 Å². The first-order chi connectivity index (χ1) is 23.3. The average Bonchev–Trinajstić information content (AvgIpc) is 3.07. The summed E-state index contributed by atoms with van der Waals surface area (Å²) >= 11 is 0. The predicted molar refractivity (Wildman–Crippen MR) is 184 cm³/mol. The molecule has 0 spiro atoms. The molecule has 0 saturated carbocycles.